The number of hydrogen-bond donors (Lipinski definition) is 4. The molecule has 0 aromatic heterocycles. The van der Waals surface area contributed by atoms with Crippen LogP contribution in [0.5, 0.6) is 0 Å². The predicted molar refractivity (Wildman–Crippen MR) is 250 cm³/mol. The lowest BCUT2D eigenvalue weighted by molar-refractivity contribution is -0.0173. The van der Waals surface area contributed by atoms with Gasteiger partial charge >= 0.3 is 35.2 Å². The van der Waals surface area contributed by atoms with E-state index in [4.69, 9.17) is 72.1 Å². The molecule has 0 rings (SSSR count). The van der Waals surface area contributed by atoms with Crippen LogP contribution < -0.4 is 0 Å². The molecule has 0 aromatic rings. The standard InChI is InChI=1S/C39H90N2O20Si4/c1-46-62(47-2,48-3)24-14-20-58-32-36(42)28-40(29-37(43)33-59-21-15-25-63(49-4,50-5)51-6)18-13-19-41(30-38(44)34-60-22-16-26-64(52-7,53-8)54-9)31-39(45)35-61-23-17-27-65(55-10,56-11)57-12/h36-39,42-45H,13-35H2,1-12H3. The maximum absolute atomic E-state index is 11.1. The van der Waals surface area contributed by atoms with Crippen molar-refractivity contribution < 1.29 is 92.5 Å². The lowest BCUT2D eigenvalue weighted by Crippen LogP contribution is -2.44. The highest BCUT2D eigenvalue weighted by Gasteiger charge is 2.39. The van der Waals surface area contributed by atoms with Crippen LogP contribution in [0.2, 0.25) is 24.2 Å². The average molecular weight is 1020 g/mol. The zero-order chi connectivity index (χ0) is 49.0. The van der Waals surface area contributed by atoms with Gasteiger partial charge in [0.25, 0.3) is 0 Å². The number of nitrogens with zero attached hydrogens (tertiary/aromatic N) is 2. The summed E-state index contributed by atoms with van der Waals surface area (Å²) in [4.78, 5) is 3.92. The van der Waals surface area contributed by atoms with E-state index in [-0.39, 0.29) is 52.6 Å². The summed E-state index contributed by atoms with van der Waals surface area (Å²) >= 11 is 0. The lowest BCUT2D eigenvalue weighted by Gasteiger charge is -2.30. The molecule has 0 radical (unpaired) electrons. The van der Waals surface area contributed by atoms with Crippen LogP contribution in [0.25, 0.3) is 0 Å². The highest BCUT2D eigenvalue weighted by atomic mass is 28.4. The van der Waals surface area contributed by atoms with Crippen molar-refractivity contribution in [1.82, 2.24) is 9.80 Å². The molecule has 0 aromatic carbocycles. The molecule has 0 spiro atoms. The zero-order valence-corrected chi connectivity index (χ0v) is 45.8. The second kappa shape index (κ2) is 38.7. The van der Waals surface area contributed by atoms with Crippen LogP contribution in [0.15, 0.2) is 0 Å². The maximum atomic E-state index is 11.1. The first kappa shape index (κ1) is 65.0. The lowest BCUT2D eigenvalue weighted by atomic mass is 10.2. The Morgan fingerprint density at radius 2 is 0.492 bits per heavy atom. The smallest absolute Gasteiger partial charge is 0.389 e. The minimum Gasteiger partial charge on any atom is -0.389 e. The van der Waals surface area contributed by atoms with Crippen LogP contribution in [0.3, 0.4) is 0 Å². The largest absolute Gasteiger partial charge is 0.500 e. The monoisotopic (exact) mass is 1020 g/mol. The summed E-state index contributed by atoms with van der Waals surface area (Å²) in [7, 11) is 7.80. The van der Waals surface area contributed by atoms with Gasteiger partial charge in [-0.15, -0.1) is 0 Å². The molecule has 0 heterocycles. The Morgan fingerprint density at radius 3 is 0.662 bits per heavy atom. The van der Waals surface area contributed by atoms with Gasteiger partial charge in [0, 0.05) is 162 Å². The Balaban J connectivity index is 5.68. The summed E-state index contributed by atoms with van der Waals surface area (Å²) in [5.74, 6) is 0. The van der Waals surface area contributed by atoms with Crippen molar-refractivity contribution in [3.05, 3.63) is 0 Å². The molecule has 0 amide bonds. The Kier molecular flexibility index (Phi) is 38.7. The molecule has 0 fully saturated rings. The summed E-state index contributed by atoms with van der Waals surface area (Å²) < 4.78 is 89.1. The van der Waals surface area contributed by atoms with Crippen molar-refractivity contribution in [2.24, 2.45) is 0 Å². The normalized spacial score (nSPS) is 15.0. The van der Waals surface area contributed by atoms with Crippen LogP contribution in [0.4, 0.5) is 0 Å². The van der Waals surface area contributed by atoms with Crippen molar-refractivity contribution in [2.75, 3.05) is 177 Å². The molecule has 392 valence electrons. The van der Waals surface area contributed by atoms with Crippen molar-refractivity contribution in [3.63, 3.8) is 0 Å². The van der Waals surface area contributed by atoms with Gasteiger partial charge in [-0.1, -0.05) is 0 Å². The van der Waals surface area contributed by atoms with Gasteiger partial charge in [-0.2, -0.15) is 0 Å². The minimum atomic E-state index is -2.74. The molecule has 4 atom stereocenters. The zero-order valence-electron chi connectivity index (χ0n) is 41.8. The van der Waals surface area contributed by atoms with Gasteiger partial charge in [-0.3, -0.25) is 9.80 Å². The van der Waals surface area contributed by atoms with Crippen LogP contribution >= 0.6 is 0 Å². The van der Waals surface area contributed by atoms with Gasteiger partial charge in [0.15, 0.2) is 0 Å². The first-order valence-corrected chi connectivity index (χ1v) is 30.0. The molecular weight excluding hydrogens is 929 g/mol. The van der Waals surface area contributed by atoms with E-state index in [0.29, 0.717) is 95.8 Å². The average Bonchev–Trinajstić information content (AvgIpc) is 3.31. The van der Waals surface area contributed by atoms with Crippen LogP contribution in [-0.4, -0.2) is 267 Å². The predicted octanol–water partition coefficient (Wildman–Crippen LogP) is 0.563. The first-order chi connectivity index (χ1) is 31.2. The molecule has 0 saturated carbocycles. The summed E-state index contributed by atoms with van der Waals surface area (Å²) in [6.07, 6.45) is -0.344. The fourth-order valence-electron chi connectivity index (χ4n) is 7.10. The second-order valence-corrected chi connectivity index (χ2v) is 27.7. The van der Waals surface area contributed by atoms with E-state index < -0.39 is 59.6 Å². The molecule has 0 aliphatic carbocycles. The van der Waals surface area contributed by atoms with Crippen LogP contribution in [-0.2, 0) is 72.1 Å². The van der Waals surface area contributed by atoms with E-state index in [9.17, 15) is 20.4 Å². The number of ether oxygens (including phenoxy) is 4. The van der Waals surface area contributed by atoms with E-state index in [1.54, 1.807) is 85.3 Å². The third-order valence-electron chi connectivity index (χ3n) is 10.9. The molecule has 4 unspecified atom stereocenters. The summed E-state index contributed by atoms with van der Waals surface area (Å²) in [5, 5.41) is 44.3. The van der Waals surface area contributed by atoms with Gasteiger partial charge in [-0.25, -0.2) is 0 Å². The third-order valence-corrected chi connectivity index (χ3v) is 22.2. The summed E-state index contributed by atoms with van der Waals surface area (Å²) in [5.41, 5.74) is 0. The van der Waals surface area contributed by atoms with E-state index in [0.717, 1.165) is 0 Å². The summed E-state index contributed by atoms with van der Waals surface area (Å²) in [6, 6.07) is 2.25. The van der Waals surface area contributed by atoms with Crippen molar-refractivity contribution >= 4 is 35.2 Å². The highest BCUT2D eigenvalue weighted by molar-refractivity contribution is 6.61. The van der Waals surface area contributed by atoms with E-state index in [1.165, 1.54) is 0 Å². The van der Waals surface area contributed by atoms with Gasteiger partial charge in [0.1, 0.15) is 0 Å². The molecule has 0 bridgehead atoms. The number of aliphatic hydroxyl groups excluding tert-OH is 4. The van der Waals surface area contributed by atoms with E-state index >= 15 is 0 Å². The number of hydrogen-bond acceptors (Lipinski definition) is 22. The topological polar surface area (TPSA) is 235 Å². The van der Waals surface area contributed by atoms with Gasteiger partial charge < -0.3 is 92.5 Å². The maximum Gasteiger partial charge on any atom is 0.500 e. The fraction of sp³-hybridized carbons (Fsp3) is 1.00. The first-order valence-electron chi connectivity index (χ1n) is 22.3. The van der Waals surface area contributed by atoms with E-state index in [2.05, 4.69) is 0 Å². The van der Waals surface area contributed by atoms with Crippen molar-refractivity contribution in [2.45, 2.75) is 80.7 Å². The SMILES string of the molecule is CO[Si](CCCOCC(O)CN(CCCN(CC(O)COCCC[Si](OC)(OC)OC)CC(O)COCCC[Si](OC)(OC)OC)CC(O)COCCC[Si](OC)(OC)OC)(OC)OC. The molecule has 0 aliphatic rings. The van der Waals surface area contributed by atoms with Gasteiger partial charge in [0.05, 0.1) is 50.8 Å². The number of rotatable bonds is 48. The van der Waals surface area contributed by atoms with Gasteiger partial charge in [-0.05, 0) is 45.2 Å². The number of aliphatic hydroxyl groups is 4. The Bertz CT molecular complexity index is 903. The minimum absolute atomic E-state index is 0.0798. The van der Waals surface area contributed by atoms with Crippen molar-refractivity contribution in [1.29, 1.82) is 0 Å². The third kappa shape index (κ3) is 27.8. The molecule has 4 N–H and O–H groups in total. The fourth-order valence-corrected chi connectivity index (χ4v) is 13.9. The van der Waals surface area contributed by atoms with Crippen molar-refractivity contribution in [3.8, 4) is 0 Å². The quantitative estimate of drug-likeness (QED) is 0.0482. The molecule has 65 heavy (non-hydrogen) atoms. The highest BCUT2D eigenvalue weighted by Crippen LogP contribution is 2.18. The molecule has 0 aliphatic heterocycles. The molecular formula is C39H90N2O20Si4. The molecule has 22 nitrogen and oxygen atoms in total. The van der Waals surface area contributed by atoms with Crippen LogP contribution in [0.1, 0.15) is 32.1 Å². The Labute approximate surface area is 394 Å². The Morgan fingerprint density at radius 1 is 0.308 bits per heavy atom. The van der Waals surface area contributed by atoms with Crippen LogP contribution in [0, 0.1) is 0 Å². The molecule has 26 heteroatoms. The second-order valence-electron chi connectivity index (χ2n) is 15.4. The summed E-state index contributed by atoms with van der Waals surface area (Å²) in [6.45, 7) is 3.65. The molecule has 0 saturated heterocycles. The Hall–Kier alpha value is -0.0125. The van der Waals surface area contributed by atoms with E-state index in [1.807, 2.05) is 9.80 Å². The van der Waals surface area contributed by atoms with Gasteiger partial charge in [0.2, 0.25) is 0 Å².